The molecule has 3 fully saturated rings. The number of nitrogens with zero attached hydrogens (tertiary/aromatic N) is 2. The number of carbonyl (C=O) groups is 1. The molecule has 1 unspecified atom stereocenters. The maximum atomic E-state index is 13.5. The fraction of sp³-hybridized carbons (Fsp3) is 0.727. The van der Waals surface area contributed by atoms with Gasteiger partial charge in [0.25, 0.3) is 0 Å². The third-order valence-electron chi connectivity index (χ3n) is 7.67. The minimum Gasteiger partial charge on any atom is -0.381 e. The minimum absolute atomic E-state index is 0.137. The molecule has 8 heteroatoms. The van der Waals surface area contributed by atoms with Gasteiger partial charge in [-0.1, -0.05) is 0 Å². The molecule has 1 aromatic rings. The Hall–Kier alpha value is -1.67. The first kappa shape index (κ1) is 20.2. The van der Waals surface area contributed by atoms with Gasteiger partial charge in [0.2, 0.25) is 5.91 Å². The molecule has 3 atom stereocenters. The van der Waals surface area contributed by atoms with Gasteiger partial charge in [-0.15, -0.1) is 0 Å². The molecular weight excluding hydrogens is 395 g/mol. The van der Waals surface area contributed by atoms with Crippen LogP contribution in [0.3, 0.4) is 0 Å². The first-order valence-corrected chi connectivity index (χ1v) is 11.0. The lowest BCUT2D eigenvalue weighted by Gasteiger charge is -2.47. The fourth-order valence-electron chi connectivity index (χ4n) is 6.06. The molecule has 1 aliphatic carbocycles. The van der Waals surface area contributed by atoms with E-state index < -0.39 is 17.2 Å². The van der Waals surface area contributed by atoms with Crippen molar-refractivity contribution in [2.75, 3.05) is 19.8 Å². The van der Waals surface area contributed by atoms with E-state index in [9.17, 15) is 18.0 Å². The molecule has 2 saturated heterocycles. The van der Waals surface area contributed by atoms with E-state index in [2.05, 4.69) is 10.3 Å². The van der Waals surface area contributed by atoms with Crippen molar-refractivity contribution >= 4 is 5.91 Å². The minimum atomic E-state index is -4.42. The van der Waals surface area contributed by atoms with Crippen molar-refractivity contribution in [2.45, 2.75) is 69.8 Å². The van der Waals surface area contributed by atoms with Crippen molar-refractivity contribution in [1.29, 1.82) is 0 Å². The van der Waals surface area contributed by atoms with E-state index in [-0.39, 0.29) is 18.4 Å². The van der Waals surface area contributed by atoms with Gasteiger partial charge >= 0.3 is 6.18 Å². The number of alkyl halides is 3. The Kier molecular flexibility index (Phi) is 5.05. The largest absolute Gasteiger partial charge is 0.417 e. The summed E-state index contributed by atoms with van der Waals surface area (Å²) < 4.78 is 44.9. The van der Waals surface area contributed by atoms with E-state index in [0.29, 0.717) is 30.6 Å². The van der Waals surface area contributed by atoms with Crippen LogP contribution in [0.1, 0.15) is 55.3 Å². The number of ether oxygens (including phenoxy) is 1. The van der Waals surface area contributed by atoms with Gasteiger partial charge in [0.1, 0.15) is 0 Å². The normalized spacial score (nSPS) is 32.4. The number of aromatic nitrogens is 1. The Bertz CT molecular complexity index is 824. The predicted molar refractivity (Wildman–Crippen MR) is 104 cm³/mol. The zero-order chi connectivity index (χ0) is 20.9. The summed E-state index contributed by atoms with van der Waals surface area (Å²) >= 11 is 0. The first-order valence-electron chi connectivity index (χ1n) is 11.0. The molecule has 5 nitrogen and oxygen atoms in total. The van der Waals surface area contributed by atoms with Gasteiger partial charge in [-0.05, 0) is 62.5 Å². The number of pyridine rings is 1. The van der Waals surface area contributed by atoms with Gasteiger partial charge < -0.3 is 15.0 Å². The zero-order valence-electron chi connectivity index (χ0n) is 17.0. The summed E-state index contributed by atoms with van der Waals surface area (Å²) in [5.74, 6) is 0.282. The summed E-state index contributed by atoms with van der Waals surface area (Å²) in [5, 5.41) is 3.76. The number of halogens is 3. The summed E-state index contributed by atoms with van der Waals surface area (Å²) in [7, 11) is 0. The number of fused-ring (bicyclic) bond motifs is 1. The molecule has 6 rings (SSSR count). The Balaban J connectivity index is 1.38. The van der Waals surface area contributed by atoms with Crippen LogP contribution in [0.5, 0.6) is 0 Å². The van der Waals surface area contributed by atoms with E-state index in [1.807, 2.05) is 0 Å². The second-order valence-electron chi connectivity index (χ2n) is 9.39. The van der Waals surface area contributed by atoms with Gasteiger partial charge in [-0.2, -0.15) is 13.2 Å². The van der Waals surface area contributed by atoms with Crippen LogP contribution in [0.2, 0.25) is 0 Å². The quantitative estimate of drug-likeness (QED) is 0.793. The highest BCUT2D eigenvalue weighted by Crippen LogP contribution is 2.52. The number of amides is 1. The summed E-state index contributed by atoms with van der Waals surface area (Å²) in [5.41, 5.74) is 0.143. The number of nitrogens with one attached hydrogen (secondary N) is 1. The average molecular weight is 423 g/mol. The summed E-state index contributed by atoms with van der Waals surface area (Å²) in [6.45, 7) is 2.43. The molecule has 5 heterocycles. The van der Waals surface area contributed by atoms with Gasteiger partial charge in [-0.3, -0.25) is 9.78 Å². The second-order valence-corrected chi connectivity index (χ2v) is 9.39. The highest BCUT2D eigenvalue weighted by molar-refractivity contribution is 5.84. The SMILES string of the molecule is O=C1N2CCC(Cc3ncc(C(F)(F)F)cc3C2)[C@@]12CC[C@@H](NC1CCOCC1)C2. The standard InChI is InChI=1S/C22H28F3N3O2/c23-22(24,25)16-9-14-13-28-6-2-15(10-19(14)26-12-16)21(20(28)29)5-1-18(11-21)27-17-3-7-30-8-4-17/h9,12,15,17-18,27H,1-8,10-11,13H2/t15?,18-,21+/m1/s1. The van der Waals surface area contributed by atoms with Crippen LogP contribution < -0.4 is 5.32 Å². The van der Waals surface area contributed by atoms with Crippen molar-refractivity contribution in [2.24, 2.45) is 11.3 Å². The Morgan fingerprint density at radius 1 is 1.17 bits per heavy atom. The summed E-state index contributed by atoms with van der Waals surface area (Å²) in [6.07, 6.45) is 2.68. The van der Waals surface area contributed by atoms with Crippen molar-refractivity contribution in [1.82, 2.24) is 15.2 Å². The average Bonchev–Trinajstić information content (AvgIpc) is 3.11. The predicted octanol–water partition coefficient (Wildman–Crippen LogP) is 3.31. The van der Waals surface area contributed by atoms with Gasteiger partial charge in [0.15, 0.2) is 0 Å². The van der Waals surface area contributed by atoms with E-state index in [1.54, 1.807) is 4.90 Å². The molecule has 0 radical (unpaired) electrons. The number of hydrogen-bond donors (Lipinski definition) is 1. The Labute approximate surface area is 174 Å². The van der Waals surface area contributed by atoms with Crippen LogP contribution in [0, 0.1) is 11.3 Å². The maximum Gasteiger partial charge on any atom is 0.417 e. The van der Waals surface area contributed by atoms with Gasteiger partial charge in [-0.25, -0.2) is 0 Å². The van der Waals surface area contributed by atoms with Crippen LogP contribution in [0.15, 0.2) is 12.3 Å². The molecule has 1 amide bonds. The number of rotatable bonds is 2. The summed E-state index contributed by atoms with van der Waals surface area (Å²) in [4.78, 5) is 19.5. The number of carbonyl (C=O) groups excluding carboxylic acids is 1. The fourth-order valence-corrected chi connectivity index (χ4v) is 6.06. The third-order valence-corrected chi connectivity index (χ3v) is 7.67. The second kappa shape index (κ2) is 7.48. The molecule has 5 aliphatic rings. The lowest BCUT2D eigenvalue weighted by Crippen LogP contribution is -2.55. The topological polar surface area (TPSA) is 54.5 Å². The molecule has 2 bridgehead atoms. The zero-order valence-corrected chi connectivity index (χ0v) is 17.0. The molecule has 30 heavy (non-hydrogen) atoms. The van der Waals surface area contributed by atoms with Crippen molar-refractivity contribution in [3.8, 4) is 0 Å². The highest BCUT2D eigenvalue weighted by atomic mass is 19.4. The van der Waals surface area contributed by atoms with E-state index in [0.717, 1.165) is 63.6 Å². The van der Waals surface area contributed by atoms with Crippen LogP contribution >= 0.6 is 0 Å². The van der Waals surface area contributed by atoms with Crippen molar-refractivity contribution in [3.63, 3.8) is 0 Å². The Morgan fingerprint density at radius 3 is 2.73 bits per heavy atom. The van der Waals surface area contributed by atoms with Crippen LogP contribution in [-0.4, -0.2) is 47.6 Å². The maximum absolute atomic E-state index is 13.5. The Morgan fingerprint density at radius 2 is 1.97 bits per heavy atom. The molecule has 4 aliphatic heterocycles. The van der Waals surface area contributed by atoms with Crippen LogP contribution in [-0.2, 0) is 28.7 Å². The van der Waals surface area contributed by atoms with Crippen LogP contribution in [0.25, 0.3) is 0 Å². The molecule has 1 spiro atoms. The van der Waals surface area contributed by atoms with E-state index in [1.165, 1.54) is 6.07 Å². The molecule has 1 saturated carbocycles. The third kappa shape index (κ3) is 3.51. The molecule has 1 N–H and O–H groups in total. The van der Waals surface area contributed by atoms with E-state index >= 15 is 0 Å². The van der Waals surface area contributed by atoms with Crippen LogP contribution in [0.4, 0.5) is 13.2 Å². The molecule has 0 aromatic carbocycles. The smallest absolute Gasteiger partial charge is 0.381 e. The van der Waals surface area contributed by atoms with Crippen molar-refractivity contribution < 1.29 is 22.7 Å². The van der Waals surface area contributed by atoms with Gasteiger partial charge in [0, 0.05) is 50.3 Å². The van der Waals surface area contributed by atoms with Crippen molar-refractivity contribution in [3.05, 3.63) is 29.1 Å². The monoisotopic (exact) mass is 423 g/mol. The lowest BCUT2D eigenvalue weighted by atomic mass is 9.65. The molecular formula is C22H28F3N3O2. The van der Waals surface area contributed by atoms with Gasteiger partial charge in [0.05, 0.1) is 11.0 Å². The van der Waals surface area contributed by atoms with E-state index in [4.69, 9.17) is 4.74 Å². The molecule has 164 valence electrons. The highest BCUT2D eigenvalue weighted by Gasteiger charge is 2.55. The number of piperidine rings is 1. The first-order chi connectivity index (χ1) is 14.3. The molecule has 1 aromatic heterocycles. The lowest BCUT2D eigenvalue weighted by molar-refractivity contribution is -0.152. The number of hydrogen-bond acceptors (Lipinski definition) is 4. The summed E-state index contributed by atoms with van der Waals surface area (Å²) in [6, 6.07) is 1.95.